The summed E-state index contributed by atoms with van der Waals surface area (Å²) in [6.07, 6.45) is 1.55. The lowest BCUT2D eigenvalue weighted by molar-refractivity contribution is -0.147. The van der Waals surface area contributed by atoms with E-state index in [1.807, 2.05) is 60.7 Å². The number of allylic oxidation sites excluding steroid dienone is 2. The van der Waals surface area contributed by atoms with Crippen LogP contribution in [0.5, 0.6) is 17.2 Å². The van der Waals surface area contributed by atoms with Crippen LogP contribution in [0.25, 0.3) is 0 Å². The van der Waals surface area contributed by atoms with Crippen molar-refractivity contribution in [2.75, 3.05) is 27.9 Å². The highest BCUT2D eigenvalue weighted by Crippen LogP contribution is 2.50. The maximum absolute atomic E-state index is 13.9. The van der Waals surface area contributed by atoms with Gasteiger partial charge in [-0.2, -0.15) is 0 Å². The quantitative estimate of drug-likeness (QED) is 0.340. The minimum Gasteiger partial charge on any atom is -0.493 e. The lowest BCUT2D eigenvalue weighted by atomic mass is 9.69. The van der Waals surface area contributed by atoms with Crippen molar-refractivity contribution in [3.05, 3.63) is 113 Å². The van der Waals surface area contributed by atoms with E-state index in [2.05, 4.69) is 11.9 Å². The summed E-state index contributed by atoms with van der Waals surface area (Å²) in [6.45, 7) is 4.46. The monoisotopic (exact) mass is 553 g/mol. The second-order valence-electron chi connectivity index (χ2n) is 10.3. The molecule has 1 aliphatic carbocycles. The summed E-state index contributed by atoms with van der Waals surface area (Å²) in [4.78, 5) is 27.7. The molecule has 0 bridgehead atoms. The van der Waals surface area contributed by atoms with Crippen molar-refractivity contribution in [1.82, 2.24) is 5.32 Å². The van der Waals surface area contributed by atoms with Gasteiger partial charge in [0.1, 0.15) is 5.92 Å². The Morgan fingerprint density at radius 2 is 1.51 bits per heavy atom. The fourth-order valence-electron chi connectivity index (χ4n) is 5.93. The molecular formula is C34H35NO6. The van der Waals surface area contributed by atoms with Crippen molar-refractivity contribution in [2.24, 2.45) is 5.92 Å². The number of methoxy groups -OCH3 is 3. The van der Waals surface area contributed by atoms with Gasteiger partial charge in [0.05, 0.1) is 27.9 Å². The minimum atomic E-state index is -0.829. The van der Waals surface area contributed by atoms with Crippen LogP contribution in [0, 0.1) is 5.92 Å². The molecule has 41 heavy (non-hydrogen) atoms. The summed E-state index contributed by atoms with van der Waals surface area (Å²) >= 11 is 0. The SMILES string of the molecule is C=C1NC2=C(C(=O)CC(c3ccccc3)C2)C(c2cc(OC)c(OC)c(OC)c2)C1C(=O)OCCc1ccccc1. The van der Waals surface area contributed by atoms with E-state index in [9.17, 15) is 9.59 Å². The van der Waals surface area contributed by atoms with Crippen LogP contribution in [0.2, 0.25) is 0 Å². The first-order chi connectivity index (χ1) is 19.9. The molecule has 5 rings (SSSR count). The van der Waals surface area contributed by atoms with Crippen LogP contribution in [0.4, 0.5) is 0 Å². The number of esters is 1. The Bertz CT molecular complexity index is 1440. The molecule has 0 amide bonds. The van der Waals surface area contributed by atoms with Crippen LogP contribution in [-0.2, 0) is 20.7 Å². The molecule has 0 aromatic heterocycles. The van der Waals surface area contributed by atoms with E-state index >= 15 is 0 Å². The van der Waals surface area contributed by atoms with Gasteiger partial charge in [-0.25, -0.2) is 0 Å². The van der Waals surface area contributed by atoms with Crippen LogP contribution in [0.3, 0.4) is 0 Å². The fourth-order valence-corrected chi connectivity index (χ4v) is 5.93. The zero-order valence-corrected chi connectivity index (χ0v) is 23.6. The highest BCUT2D eigenvalue weighted by Gasteiger charge is 2.46. The number of benzene rings is 3. The van der Waals surface area contributed by atoms with Crippen LogP contribution in [0.15, 0.2) is 96.3 Å². The fraction of sp³-hybridized carbons (Fsp3) is 0.294. The highest BCUT2D eigenvalue weighted by molar-refractivity contribution is 6.01. The van der Waals surface area contributed by atoms with E-state index in [1.54, 1.807) is 26.4 Å². The number of nitrogens with one attached hydrogen (secondary N) is 1. The van der Waals surface area contributed by atoms with E-state index < -0.39 is 17.8 Å². The second-order valence-corrected chi connectivity index (χ2v) is 10.3. The van der Waals surface area contributed by atoms with E-state index in [-0.39, 0.29) is 18.3 Å². The molecule has 212 valence electrons. The molecular weight excluding hydrogens is 518 g/mol. The van der Waals surface area contributed by atoms with Gasteiger partial charge in [-0.3, -0.25) is 9.59 Å². The van der Waals surface area contributed by atoms with E-state index in [0.29, 0.717) is 53.3 Å². The topological polar surface area (TPSA) is 83.1 Å². The van der Waals surface area contributed by atoms with Crippen LogP contribution in [-0.4, -0.2) is 39.7 Å². The third-order valence-electron chi connectivity index (χ3n) is 7.89. The summed E-state index contributed by atoms with van der Waals surface area (Å²) in [6, 6.07) is 23.5. The second kappa shape index (κ2) is 12.3. The Morgan fingerprint density at radius 3 is 2.12 bits per heavy atom. The Balaban J connectivity index is 1.55. The maximum Gasteiger partial charge on any atom is 0.315 e. The van der Waals surface area contributed by atoms with E-state index in [1.165, 1.54) is 7.11 Å². The molecule has 0 spiro atoms. The van der Waals surface area contributed by atoms with Crippen molar-refractivity contribution in [2.45, 2.75) is 31.1 Å². The van der Waals surface area contributed by atoms with Gasteiger partial charge in [0, 0.05) is 35.7 Å². The molecule has 3 aromatic rings. The van der Waals surface area contributed by atoms with Gasteiger partial charge in [-0.1, -0.05) is 67.2 Å². The Labute approximate surface area is 240 Å². The number of Topliss-reactive ketones (excluding diaryl/α,β-unsaturated/α-hetero) is 1. The first-order valence-corrected chi connectivity index (χ1v) is 13.7. The molecule has 7 heteroatoms. The third kappa shape index (κ3) is 5.71. The molecule has 7 nitrogen and oxygen atoms in total. The standard InChI is InChI=1S/C34H35NO6/c1-21-30(34(37)41-16-15-22-11-7-5-8-12-22)31(25-19-28(38-2)33(40-4)29(20-25)39-3)32-26(35-21)17-24(18-27(32)36)23-13-9-6-10-14-23/h5-14,19-20,24,30-31,35H,1,15-18H2,2-4H3. The number of ketones is 1. The van der Waals surface area contributed by atoms with Crippen LogP contribution in [0.1, 0.15) is 41.4 Å². The zero-order valence-electron chi connectivity index (χ0n) is 23.6. The molecule has 0 saturated carbocycles. The van der Waals surface area contributed by atoms with Gasteiger partial charge in [0.15, 0.2) is 17.3 Å². The average molecular weight is 554 g/mol. The Kier molecular flexibility index (Phi) is 8.43. The maximum atomic E-state index is 13.9. The van der Waals surface area contributed by atoms with Gasteiger partial charge >= 0.3 is 5.97 Å². The molecule has 1 aliphatic heterocycles. The lowest BCUT2D eigenvalue weighted by Crippen LogP contribution is -2.42. The van der Waals surface area contributed by atoms with Crippen molar-refractivity contribution in [3.8, 4) is 17.2 Å². The van der Waals surface area contributed by atoms with Gasteiger partial charge < -0.3 is 24.3 Å². The van der Waals surface area contributed by atoms with Crippen LogP contribution >= 0.6 is 0 Å². The summed E-state index contributed by atoms with van der Waals surface area (Å²) in [5.41, 5.74) is 4.71. The number of rotatable bonds is 9. The lowest BCUT2D eigenvalue weighted by Gasteiger charge is -2.40. The Hall–Kier alpha value is -4.52. The first kappa shape index (κ1) is 28.0. The molecule has 3 atom stereocenters. The molecule has 1 heterocycles. The van der Waals surface area contributed by atoms with Crippen molar-refractivity contribution in [3.63, 3.8) is 0 Å². The number of carbonyl (C=O) groups excluding carboxylic acids is 2. The Morgan fingerprint density at radius 1 is 0.878 bits per heavy atom. The number of hydrogen-bond acceptors (Lipinski definition) is 7. The normalized spacial score (nSPS) is 20.1. The number of hydrogen-bond donors (Lipinski definition) is 1. The molecule has 1 N–H and O–H groups in total. The first-order valence-electron chi connectivity index (χ1n) is 13.7. The van der Waals surface area contributed by atoms with Crippen molar-refractivity contribution < 1.29 is 28.5 Å². The van der Waals surface area contributed by atoms with E-state index in [0.717, 1.165) is 16.8 Å². The van der Waals surface area contributed by atoms with E-state index in [4.69, 9.17) is 18.9 Å². The molecule has 3 unspecified atom stereocenters. The van der Waals surface area contributed by atoms with Crippen molar-refractivity contribution >= 4 is 11.8 Å². The average Bonchev–Trinajstić information content (AvgIpc) is 3.00. The van der Waals surface area contributed by atoms with Crippen molar-refractivity contribution in [1.29, 1.82) is 0 Å². The van der Waals surface area contributed by atoms with Gasteiger partial charge in [-0.05, 0) is 41.2 Å². The summed E-state index contributed by atoms with van der Waals surface area (Å²) < 4.78 is 22.6. The third-order valence-corrected chi connectivity index (χ3v) is 7.89. The smallest absolute Gasteiger partial charge is 0.315 e. The molecule has 3 aromatic carbocycles. The predicted molar refractivity (Wildman–Crippen MR) is 156 cm³/mol. The summed E-state index contributed by atoms with van der Waals surface area (Å²) in [7, 11) is 4.62. The van der Waals surface area contributed by atoms with Gasteiger partial charge in [0.25, 0.3) is 0 Å². The van der Waals surface area contributed by atoms with Crippen LogP contribution < -0.4 is 19.5 Å². The minimum absolute atomic E-state index is 0.0130. The largest absolute Gasteiger partial charge is 0.493 e. The molecule has 0 radical (unpaired) electrons. The predicted octanol–water partition coefficient (Wildman–Crippen LogP) is 5.72. The molecule has 0 fully saturated rings. The number of carbonyl (C=O) groups is 2. The molecule has 2 aliphatic rings. The van der Waals surface area contributed by atoms with Gasteiger partial charge in [-0.15, -0.1) is 0 Å². The summed E-state index contributed by atoms with van der Waals surface area (Å²) in [5.74, 6) is -0.586. The highest BCUT2D eigenvalue weighted by atomic mass is 16.5. The molecule has 0 saturated heterocycles. The summed E-state index contributed by atoms with van der Waals surface area (Å²) in [5, 5.41) is 3.34. The van der Waals surface area contributed by atoms with Gasteiger partial charge in [0.2, 0.25) is 5.75 Å². The zero-order chi connectivity index (χ0) is 28.9. The number of ether oxygens (including phenoxy) is 4.